The first-order valence-corrected chi connectivity index (χ1v) is 7.84. The van der Waals surface area contributed by atoms with Crippen molar-refractivity contribution in [2.24, 2.45) is 0 Å². The molecule has 0 fully saturated rings. The Balaban J connectivity index is 2.57. The number of halogens is 3. The van der Waals surface area contributed by atoms with Gasteiger partial charge in [-0.25, -0.2) is 13.6 Å². The molecule has 0 radical (unpaired) electrons. The van der Waals surface area contributed by atoms with Gasteiger partial charge in [0.15, 0.2) is 17.7 Å². The molecule has 1 aromatic carbocycles. The molecular weight excluding hydrogens is 377 g/mol. The zero-order chi connectivity index (χ0) is 20.8. The number of allylic oxidation sites excluding steroid dienone is 2. The summed E-state index contributed by atoms with van der Waals surface area (Å²) in [6.45, 7) is 1.68. The lowest BCUT2D eigenvalue weighted by Gasteiger charge is -2.25. The van der Waals surface area contributed by atoms with E-state index < -0.39 is 40.4 Å². The maximum atomic E-state index is 14.6. The monoisotopic (exact) mass is 390 g/mol. The van der Waals surface area contributed by atoms with Crippen LogP contribution < -0.4 is 4.74 Å². The van der Waals surface area contributed by atoms with Crippen molar-refractivity contribution in [3.63, 3.8) is 0 Å². The van der Waals surface area contributed by atoms with Gasteiger partial charge in [-0.15, -0.1) is 0 Å². The summed E-state index contributed by atoms with van der Waals surface area (Å²) in [5.74, 6) is -4.81. The highest BCUT2D eigenvalue weighted by molar-refractivity contribution is 5.64. The van der Waals surface area contributed by atoms with Crippen molar-refractivity contribution in [2.45, 2.75) is 13.0 Å². The van der Waals surface area contributed by atoms with E-state index in [0.717, 1.165) is 0 Å². The van der Waals surface area contributed by atoms with Gasteiger partial charge >= 0.3 is 0 Å². The first-order chi connectivity index (χ1) is 13.4. The van der Waals surface area contributed by atoms with Gasteiger partial charge in [-0.2, -0.15) is 14.9 Å². The molecule has 0 saturated carbocycles. The molecule has 0 aliphatic heterocycles. The molecule has 0 spiro atoms. The van der Waals surface area contributed by atoms with E-state index >= 15 is 0 Å². The number of ether oxygens (including phenoxy) is 3. The molecule has 0 bridgehead atoms. The predicted octanol–water partition coefficient (Wildman–Crippen LogP) is 2.86. The quantitative estimate of drug-likeness (QED) is 0.421. The second kappa shape index (κ2) is 9.03. The Labute approximate surface area is 158 Å². The Hall–Kier alpha value is -3.36. The number of methoxy groups -OCH3 is 1. The molecule has 1 aromatic rings. The molecule has 0 aromatic heterocycles. The molecule has 6 nitrogen and oxygen atoms in total. The summed E-state index contributed by atoms with van der Waals surface area (Å²) < 4.78 is 58.6. The van der Waals surface area contributed by atoms with Crippen LogP contribution >= 0.6 is 0 Å². The van der Waals surface area contributed by atoms with Gasteiger partial charge < -0.3 is 14.2 Å². The lowest BCUT2D eigenvalue weighted by Crippen LogP contribution is -2.27. The number of hydrogen-bond acceptors (Lipinski definition) is 6. The maximum Gasteiger partial charge on any atom is 0.205 e. The van der Waals surface area contributed by atoms with Crippen molar-refractivity contribution < 1.29 is 32.2 Å². The molecule has 1 unspecified atom stereocenters. The third-order valence-electron chi connectivity index (χ3n) is 3.83. The summed E-state index contributed by atoms with van der Waals surface area (Å²) in [6, 6.07) is 2.56. The lowest BCUT2D eigenvalue weighted by atomic mass is 9.99. The Morgan fingerprint density at radius 2 is 1.68 bits per heavy atom. The summed E-state index contributed by atoms with van der Waals surface area (Å²) in [6.07, 6.45) is 1.63. The van der Waals surface area contributed by atoms with Crippen LogP contribution in [0.25, 0.3) is 0 Å². The fourth-order valence-electron chi connectivity index (χ4n) is 2.42. The molecule has 1 aliphatic carbocycles. The maximum absolute atomic E-state index is 14.6. The van der Waals surface area contributed by atoms with E-state index in [1.165, 1.54) is 38.3 Å². The zero-order valence-corrected chi connectivity index (χ0v) is 14.8. The predicted molar refractivity (Wildman–Crippen MR) is 89.0 cm³/mol. The lowest BCUT2D eigenvalue weighted by molar-refractivity contribution is 0.0352. The number of benzene rings is 1. The molecule has 28 heavy (non-hydrogen) atoms. The van der Waals surface area contributed by atoms with Crippen LogP contribution in [0.3, 0.4) is 0 Å². The first kappa shape index (κ1) is 20.9. The summed E-state index contributed by atoms with van der Waals surface area (Å²) in [5.41, 5.74) is -1.75. The van der Waals surface area contributed by atoms with Crippen LogP contribution in [0.4, 0.5) is 13.2 Å². The molecule has 1 atom stereocenters. The van der Waals surface area contributed by atoms with Gasteiger partial charge in [-0.1, -0.05) is 6.08 Å². The Bertz CT molecular complexity index is 996. The molecule has 9 heteroatoms. The van der Waals surface area contributed by atoms with Crippen LogP contribution in [0, 0.1) is 40.1 Å². The van der Waals surface area contributed by atoms with Crippen LogP contribution in [0.5, 0.6) is 5.75 Å². The van der Waals surface area contributed by atoms with E-state index in [0.29, 0.717) is 5.57 Å². The number of rotatable bonds is 6. The summed E-state index contributed by atoms with van der Waals surface area (Å²) >= 11 is 0. The average Bonchev–Trinajstić information content (AvgIpc) is 2.69. The van der Waals surface area contributed by atoms with Gasteiger partial charge in [-0.05, 0) is 18.6 Å². The van der Waals surface area contributed by atoms with E-state index in [1.54, 1.807) is 5.94 Å². The van der Waals surface area contributed by atoms with Gasteiger partial charge in [-0.3, -0.25) is 0 Å². The molecule has 0 saturated heterocycles. The Morgan fingerprint density at radius 3 is 2.25 bits per heavy atom. The van der Waals surface area contributed by atoms with Gasteiger partial charge in [0.25, 0.3) is 0 Å². The number of nitrogens with zero attached hydrogens (tertiary/aromatic N) is 2. The van der Waals surface area contributed by atoms with Crippen LogP contribution in [0.15, 0.2) is 29.1 Å². The highest BCUT2D eigenvalue weighted by Gasteiger charge is 2.32. The van der Waals surface area contributed by atoms with Crippen molar-refractivity contribution in [1.82, 2.24) is 0 Å². The minimum atomic E-state index is -1.78. The Morgan fingerprint density at radius 1 is 1.04 bits per heavy atom. The van der Waals surface area contributed by atoms with E-state index in [-0.39, 0.29) is 24.5 Å². The average molecular weight is 390 g/mol. The first-order valence-electron chi connectivity index (χ1n) is 7.84. The van der Waals surface area contributed by atoms with E-state index in [2.05, 4.69) is 0 Å². The number of nitriles is 2. The van der Waals surface area contributed by atoms with Crippen LogP contribution in [-0.4, -0.2) is 32.4 Å². The van der Waals surface area contributed by atoms with Crippen molar-refractivity contribution in [2.75, 3.05) is 20.3 Å². The zero-order valence-electron chi connectivity index (χ0n) is 14.8. The van der Waals surface area contributed by atoms with Crippen molar-refractivity contribution in [3.8, 4) is 17.9 Å². The number of hydrogen-bond donors (Lipinski definition) is 0. The summed E-state index contributed by atoms with van der Waals surface area (Å²) in [4.78, 5) is 11.2. The molecule has 0 heterocycles. The normalized spacial score (nSPS) is 15.8. The van der Waals surface area contributed by atoms with E-state index in [1.807, 2.05) is 0 Å². The molecule has 2 rings (SSSR count). The van der Waals surface area contributed by atoms with Crippen LogP contribution in [0.2, 0.25) is 0 Å². The number of carbonyl (C=O) groups excluding carboxylic acids is 1. The van der Waals surface area contributed by atoms with Gasteiger partial charge in [0.1, 0.15) is 35.0 Å². The van der Waals surface area contributed by atoms with Gasteiger partial charge in [0.05, 0.1) is 18.8 Å². The van der Waals surface area contributed by atoms with Gasteiger partial charge in [0, 0.05) is 7.11 Å². The highest BCUT2D eigenvalue weighted by atomic mass is 19.2. The fourth-order valence-corrected chi connectivity index (χ4v) is 2.42. The van der Waals surface area contributed by atoms with Gasteiger partial charge in [0.2, 0.25) is 11.6 Å². The second-order valence-corrected chi connectivity index (χ2v) is 5.53. The van der Waals surface area contributed by atoms with E-state index in [4.69, 9.17) is 24.7 Å². The highest BCUT2D eigenvalue weighted by Crippen LogP contribution is 2.35. The van der Waals surface area contributed by atoms with Crippen LogP contribution in [-0.2, 0) is 14.3 Å². The molecule has 144 valence electrons. The van der Waals surface area contributed by atoms with Crippen molar-refractivity contribution in [3.05, 3.63) is 57.6 Å². The van der Waals surface area contributed by atoms with Crippen molar-refractivity contribution in [1.29, 1.82) is 10.5 Å². The third kappa shape index (κ3) is 3.83. The van der Waals surface area contributed by atoms with E-state index in [9.17, 15) is 18.0 Å². The third-order valence-corrected chi connectivity index (χ3v) is 3.83. The SMILES string of the molecule is COCCOC1C(=C=O)C=CC(C)=C1Oc1c(F)c(F)c(C#N)c(C#N)c1F. The molecular formula is C19H13F3N2O4. The minimum Gasteiger partial charge on any atom is -0.452 e. The fraction of sp³-hybridized carbons (Fsp3) is 0.263. The second-order valence-electron chi connectivity index (χ2n) is 5.53. The standard InChI is InChI=1S/C19H13F3N2O4/c1-10-3-4-11(9-25)18(27-6-5-26-2)17(10)28-19-15(21)13(8-24)12(7-23)14(20)16(19)22/h3-4,18H,5-6H2,1-2H3. The Kier molecular flexibility index (Phi) is 6.75. The molecule has 0 N–H and O–H groups in total. The topological polar surface area (TPSA) is 92.3 Å². The van der Waals surface area contributed by atoms with Crippen molar-refractivity contribution >= 4 is 5.94 Å². The largest absolute Gasteiger partial charge is 0.452 e. The smallest absolute Gasteiger partial charge is 0.205 e. The molecule has 0 amide bonds. The van der Waals surface area contributed by atoms with Crippen LogP contribution in [0.1, 0.15) is 18.1 Å². The summed E-state index contributed by atoms with van der Waals surface area (Å²) in [5, 5.41) is 17.9. The minimum absolute atomic E-state index is 0.0104. The summed E-state index contributed by atoms with van der Waals surface area (Å²) in [7, 11) is 1.42. The molecule has 1 aliphatic rings.